The maximum Gasteiger partial charge on any atom is 0.124 e. The second kappa shape index (κ2) is 6.14. The van der Waals surface area contributed by atoms with E-state index in [0.717, 1.165) is 45.3 Å². The number of fused-ring (bicyclic) bond motifs is 1. The lowest BCUT2D eigenvalue weighted by Gasteiger charge is -2.04. The van der Waals surface area contributed by atoms with E-state index in [4.69, 9.17) is 9.47 Å². The predicted molar refractivity (Wildman–Crippen MR) is 87.4 cm³/mol. The van der Waals surface area contributed by atoms with Crippen molar-refractivity contribution in [1.82, 2.24) is 4.98 Å². The van der Waals surface area contributed by atoms with E-state index in [-0.39, 0.29) is 0 Å². The van der Waals surface area contributed by atoms with Crippen molar-refractivity contribution in [3.05, 3.63) is 42.5 Å². The zero-order chi connectivity index (χ0) is 14.7. The van der Waals surface area contributed by atoms with Gasteiger partial charge in [0.1, 0.15) is 16.5 Å². The first-order valence-electron chi connectivity index (χ1n) is 6.98. The fourth-order valence-corrected chi connectivity index (χ4v) is 3.07. The number of aromatic nitrogens is 1. The minimum Gasteiger partial charge on any atom is -0.497 e. The van der Waals surface area contributed by atoms with Gasteiger partial charge >= 0.3 is 0 Å². The second-order valence-electron chi connectivity index (χ2n) is 4.73. The zero-order valence-electron chi connectivity index (χ0n) is 12.1. The molecule has 1 heterocycles. The lowest BCUT2D eigenvalue weighted by molar-refractivity contribution is 0.317. The third-order valence-corrected chi connectivity index (χ3v) is 4.24. The highest BCUT2D eigenvalue weighted by Gasteiger charge is 2.07. The minimum absolute atomic E-state index is 0.750. The van der Waals surface area contributed by atoms with E-state index in [1.54, 1.807) is 18.4 Å². The van der Waals surface area contributed by atoms with Crippen LogP contribution in [0, 0.1) is 0 Å². The molecule has 0 unspecified atom stereocenters. The number of rotatable bonds is 5. The van der Waals surface area contributed by atoms with Crippen LogP contribution in [0.3, 0.4) is 0 Å². The molecular formula is C17H17NO2S. The fraction of sp³-hybridized carbons (Fsp3) is 0.235. The molecule has 3 nitrogen and oxygen atoms in total. The van der Waals surface area contributed by atoms with Gasteiger partial charge in [-0.15, -0.1) is 11.3 Å². The molecule has 0 aliphatic heterocycles. The summed E-state index contributed by atoms with van der Waals surface area (Å²) < 4.78 is 12.0. The molecule has 0 atom stereocenters. The second-order valence-corrected chi connectivity index (χ2v) is 5.76. The summed E-state index contributed by atoms with van der Waals surface area (Å²) in [4.78, 5) is 4.67. The van der Waals surface area contributed by atoms with Crippen LogP contribution < -0.4 is 9.47 Å². The van der Waals surface area contributed by atoms with Crippen LogP contribution in [0.5, 0.6) is 11.5 Å². The van der Waals surface area contributed by atoms with Crippen LogP contribution in [0.1, 0.15) is 13.3 Å². The van der Waals surface area contributed by atoms with Gasteiger partial charge in [-0.2, -0.15) is 0 Å². The Labute approximate surface area is 128 Å². The standard InChI is InChI=1S/C17H17NO2S/c1-3-10-20-13-6-4-12(5-7-13)17-18-15-9-8-14(19-2)11-16(15)21-17/h4-9,11H,3,10H2,1-2H3. The van der Waals surface area contributed by atoms with E-state index in [9.17, 15) is 0 Å². The summed E-state index contributed by atoms with van der Waals surface area (Å²) in [7, 11) is 1.68. The summed E-state index contributed by atoms with van der Waals surface area (Å²) in [6.07, 6.45) is 1.02. The Hall–Kier alpha value is -2.07. The van der Waals surface area contributed by atoms with Gasteiger partial charge in [0.05, 0.1) is 23.9 Å². The molecule has 0 saturated carbocycles. The Morgan fingerprint density at radius 1 is 1.05 bits per heavy atom. The van der Waals surface area contributed by atoms with Gasteiger partial charge in [0.25, 0.3) is 0 Å². The van der Waals surface area contributed by atoms with Crippen molar-refractivity contribution < 1.29 is 9.47 Å². The van der Waals surface area contributed by atoms with Gasteiger partial charge in [-0.05, 0) is 48.9 Å². The Bertz CT molecular complexity index is 734. The number of methoxy groups -OCH3 is 1. The van der Waals surface area contributed by atoms with Crippen molar-refractivity contribution in [3.63, 3.8) is 0 Å². The zero-order valence-corrected chi connectivity index (χ0v) is 12.9. The molecule has 108 valence electrons. The van der Waals surface area contributed by atoms with Crippen molar-refractivity contribution >= 4 is 21.6 Å². The first kappa shape index (κ1) is 13.9. The van der Waals surface area contributed by atoms with E-state index >= 15 is 0 Å². The highest BCUT2D eigenvalue weighted by atomic mass is 32.1. The number of hydrogen-bond acceptors (Lipinski definition) is 4. The van der Waals surface area contributed by atoms with E-state index in [2.05, 4.69) is 24.0 Å². The fourth-order valence-electron chi connectivity index (χ4n) is 2.07. The highest BCUT2D eigenvalue weighted by molar-refractivity contribution is 7.21. The summed E-state index contributed by atoms with van der Waals surface area (Å²) in [6.45, 7) is 2.85. The average molecular weight is 299 g/mol. The number of thiazole rings is 1. The van der Waals surface area contributed by atoms with Gasteiger partial charge in [0.15, 0.2) is 0 Å². The van der Waals surface area contributed by atoms with Crippen molar-refractivity contribution in [1.29, 1.82) is 0 Å². The van der Waals surface area contributed by atoms with Crippen LogP contribution in [-0.2, 0) is 0 Å². The maximum absolute atomic E-state index is 5.60. The third-order valence-electron chi connectivity index (χ3n) is 3.17. The molecule has 0 N–H and O–H groups in total. The van der Waals surface area contributed by atoms with Crippen LogP contribution in [0.4, 0.5) is 0 Å². The number of nitrogens with zero attached hydrogens (tertiary/aromatic N) is 1. The van der Waals surface area contributed by atoms with Crippen molar-refractivity contribution in [2.75, 3.05) is 13.7 Å². The van der Waals surface area contributed by atoms with E-state index in [1.807, 2.05) is 30.3 Å². The SMILES string of the molecule is CCCOc1ccc(-c2nc3ccc(OC)cc3s2)cc1. The molecule has 2 aromatic carbocycles. The summed E-state index contributed by atoms with van der Waals surface area (Å²) in [6, 6.07) is 14.1. The van der Waals surface area contributed by atoms with Gasteiger partial charge in [-0.1, -0.05) is 6.92 Å². The van der Waals surface area contributed by atoms with Crippen LogP contribution in [0.25, 0.3) is 20.8 Å². The van der Waals surface area contributed by atoms with Crippen molar-refractivity contribution in [2.24, 2.45) is 0 Å². The molecule has 3 aromatic rings. The van der Waals surface area contributed by atoms with Crippen LogP contribution in [-0.4, -0.2) is 18.7 Å². The topological polar surface area (TPSA) is 31.4 Å². The normalized spacial score (nSPS) is 10.8. The Kier molecular flexibility index (Phi) is 4.06. The number of hydrogen-bond donors (Lipinski definition) is 0. The van der Waals surface area contributed by atoms with Gasteiger partial charge < -0.3 is 9.47 Å². The largest absolute Gasteiger partial charge is 0.497 e. The number of ether oxygens (including phenoxy) is 2. The van der Waals surface area contributed by atoms with E-state index in [1.165, 1.54) is 0 Å². The molecule has 21 heavy (non-hydrogen) atoms. The monoisotopic (exact) mass is 299 g/mol. The molecule has 4 heteroatoms. The first-order valence-corrected chi connectivity index (χ1v) is 7.79. The Morgan fingerprint density at radius 3 is 2.52 bits per heavy atom. The highest BCUT2D eigenvalue weighted by Crippen LogP contribution is 2.32. The molecular weight excluding hydrogens is 282 g/mol. The summed E-state index contributed by atoms with van der Waals surface area (Å²) in [5.74, 6) is 1.77. The predicted octanol–water partition coefficient (Wildman–Crippen LogP) is 4.76. The molecule has 0 fully saturated rings. The quantitative estimate of drug-likeness (QED) is 0.680. The van der Waals surface area contributed by atoms with Crippen LogP contribution >= 0.6 is 11.3 Å². The number of benzene rings is 2. The molecule has 3 rings (SSSR count). The molecule has 0 amide bonds. The van der Waals surface area contributed by atoms with Crippen LogP contribution in [0.2, 0.25) is 0 Å². The maximum atomic E-state index is 5.60. The lowest BCUT2D eigenvalue weighted by atomic mass is 10.2. The molecule has 0 bridgehead atoms. The lowest BCUT2D eigenvalue weighted by Crippen LogP contribution is -1.94. The molecule has 0 radical (unpaired) electrons. The van der Waals surface area contributed by atoms with E-state index < -0.39 is 0 Å². The molecule has 1 aromatic heterocycles. The molecule has 0 aliphatic rings. The summed E-state index contributed by atoms with van der Waals surface area (Å²) >= 11 is 1.67. The summed E-state index contributed by atoms with van der Waals surface area (Å²) in [5, 5.41) is 1.01. The smallest absolute Gasteiger partial charge is 0.124 e. The van der Waals surface area contributed by atoms with Gasteiger partial charge in [-0.25, -0.2) is 4.98 Å². The third kappa shape index (κ3) is 3.00. The Morgan fingerprint density at radius 2 is 1.81 bits per heavy atom. The van der Waals surface area contributed by atoms with Gasteiger partial charge in [0, 0.05) is 5.56 Å². The van der Waals surface area contributed by atoms with Crippen molar-refractivity contribution in [2.45, 2.75) is 13.3 Å². The first-order chi connectivity index (χ1) is 10.3. The van der Waals surface area contributed by atoms with Crippen LogP contribution in [0.15, 0.2) is 42.5 Å². The molecule has 0 aliphatic carbocycles. The minimum atomic E-state index is 0.750. The van der Waals surface area contributed by atoms with Gasteiger partial charge in [-0.3, -0.25) is 0 Å². The molecule has 0 saturated heterocycles. The van der Waals surface area contributed by atoms with Crippen molar-refractivity contribution in [3.8, 4) is 22.1 Å². The average Bonchev–Trinajstić information content (AvgIpc) is 2.96. The van der Waals surface area contributed by atoms with E-state index in [0.29, 0.717) is 0 Å². The summed E-state index contributed by atoms with van der Waals surface area (Å²) in [5.41, 5.74) is 2.11. The Balaban J connectivity index is 1.89. The van der Waals surface area contributed by atoms with Gasteiger partial charge in [0.2, 0.25) is 0 Å². The molecule has 0 spiro atoms.